The van der Waals surface area contributed by atoms with Crippen LogP contribution in [-0.4, -0.2) is 48.9 Å². The van der Waals surface area contributed by atoms with Crippen LogP contribution in [0.3, 0.4) is 0 Å². The highest BCUT2D eigenvalue weighted by atomic mass is 16.2. The lowest BCUT2D eigenvalue weighted by atomic mass is 10.1. The third kappa shape index (κ3) is 4.95. The second-order valence-corrected chi connectivity index (χ2v) is 5.42. The van der Waals surface area contributed by atoms with Crippen LogP contribution in [0.4, 0.5) is 0 Å². The lowest BCUT2D eigenvalue weighted by Crippen LogP contribution is -2.59. The van der Waals surface area contributed by atoms with Crippen LogP contribution in [0, 0.1) is 0 Å². The molecule has 0 atom stereocenters. The van der Waals surface area contributed by atoms with Crippen molar-refractivity contribution in [3.8, 4) is 0 Å². The first-order valence-electron chi connectivity index (χ1n) is 7.50. The normalized spacial score (nSPS) is 14.8. The van der Waals surface area contributed by atoms with E-state index in [4.69, 9.17) is 0 Å². The number of amides is 2. The minimum Gasteiger partial charge on any atom is -0.314 e. The zero-order valence-corrected chi connectivity index (χ0v) is 12.5. The Labute approximate surface area is 125 Å². The number of carbonyl (C=O) groups is 2. The van der Waals surface area contributed by atoms with Crippen molar-refractivity contribution < 1.29 is 9.59 Å². The van der Waals surface area contributed by atoms with Gasteiger partial charge in [-0.05, 0) is 18.5 Å². The van der Waals surface area contributed by atoms with Crippen LogP contribution >= 0.6 is 0 Å². The van der Waals surface area contributed by atoms with Gasteiger partial charge in [0.1, 0.15) is 0 Å². The Balaban J connectivity index is 1.78. The van der Waals surface area contributed by atoms with Gasteiger partial charge in [0.15, 0.2) is 0 Å². The van der Waals surface area contributed by atoms with E-state index in [-0.39, 0.29) is 18.2 Å². The molecule has 0 unspecified atom stereocenters. The number of hydrogen-bond acceptors (Lipinski definition) is 4. The molecule has 1 fully saturated rings. The van der Waals surface area contributed by atoms with E-state index >= 15 is 0 Å². The average Bonchev–Trinajstić information content (AvgIpc) is 2.37. The van der Waals surface area contributed by atoms with Gasteiger partial charge in [0.25, 0.3) is 0 Å². The molecule has 1 aliphatic heterocycles. The van der Waals surface area contributed by atoms with Crippen molar-refractivity contribution in [1.29, 1.82) is 0 Å². The van der Waals surface area contributed by atoms with Gasteiger partial charge in [-0.15, -0.1) is 0 Å². The minimum absolute atomic E-state index is 0.212. The molecule has 114 valence electrons. The summed E-state index contributed by atoms with van der Waals surface area (Å²) >= 11 is 0. The molecule has 0 bridgehead atoms. The maximum absolute atomic E-state index is 12.0. The van der Waals surface area contributed by atoms with Gasteiger partial charge < -0.3 is 5.32 Å². The topological polar surface area (TPSA) is 61.4 Å². The summed E-state index contributed by atoms with van der Waals surface area (Å²) in [6.45, 7) is 5.11. The molecule has 5 heteroatoms. The zero-order valence-electron chi connectivity index (χ0n) is 12.5. The molecule has 0 saturated carbocycles. The van der Waals surface area contributed by atoms with Crippen molar-refractivity contribution >= 4 is 11.8 Å². The van der Waals surface area contributed by atoms with Crippen LogP contribution in [-0.2, 0) is 16.0 Å². The second-order valence-electron chi connectivity index (χ2n) is 5.42. The van der Waals surface area contributed by atoms with Crippen molar-refractivity contribution in [3.63, 3.8) is 0 Å². The van der Waals surface area contributed by atoms with Gasteiger partial charge in [-0.25, -0.2) is 0 Å². The summed E-state index contributed by atoms with van der Waals surface area (Å²) in [4.78, 5) is 26.0. The molecule has 1 aromatic carbocycles. The molecule has 2 N–H and O–H groups in total. The predicted octanol–water partition coefficient (Wildman–Crippen LogP) is 0.556. The van der Waals surface area contributed by atoms with E-state index in [9.17, 15) is 9.59 Å². The van der Waals surface area contributed by atoms with Gasteiger partial charge >= 0.3 is 0 Å². The van der Waals surface area contributed by atoms with Crippen molar-refractivity contribution in [2.45, 2.75) is 25.8 Å². The summed E-state index contributed by atoms with van der Waals surface area (Å²) in [5, 5.41) is 5.69. The van der Waals surface area contributed by atoms with Gasteiger partial charge in [-0.3, -0.25) is 19.8 Å². The van der Waals surface area contributed by atoms with Crippen molar-refractivity contribution in [3.05, 3.63) is 35.9 Å². The Hall–Kier alpha value is -1.72. The van der Waals surface area contributed by atoms with E-state index in [2.05, 4.69) is 22.5 Å². The zero-order chi connectivity index (χ0) is 15.1. The number of rotatable bonds is 7. The standard InChI is InChI=1S/C16H23N3O2/c1-2-8-19(14-10-17-11-14)12-16(21)18-15(20)9-13-6-4-3-5-7-13/h3-7,14,17H,2,8-12H2,1H3,(H,18,20,21). The highest BCUT2D eigenvalue weighted by molar-refractivity contribution is 5.96. The molecule has 21 heavy (non-hydrogen) atoms. The first-order valence-corrected chi connectivity index (χ1v) is 7.50. The Morgan fingerprint density at radius 3 is 2.52 bits per heavy atom. The molecule has 1 aliphatic rings. The lowest BCUT2D eigenvalue weighted by molar-refractivity contribution is -0.131. The molecule has 1 heterocycles. The van der Waals surface area contributed by atoms with Crippen LogP contribution < -0.4 is 10.6 Å². The van der Waals surface area contributed by atoms with E-state index in [0.29, 0.717) is 12.6 Å². The van der Waals surface area contributed by atoms with Gasteiger partial charge in [0, 0.05) is 19.1 Å². The SMILES string of the molecule is CCCN(CC(=O)NC(=O)Cc1ccccc1)C1CNC1. The van der Waals surface area contributed by atoms with E-state index < -0.39 is 0 Å². The summed E-state index contributed by atoms with van der Waals surface area (Å²) in [6, 6.07) is 9.86. The molecule has 2 amide bonds. The summed E-state index contributed by atoms with van der Waals surface area (Å²) in [6.07, 6.45) is 1.24. The first-order chi connectivity index (χ1) is 10.2. The number of carbonyl (C=O) groups excluding carboxylic acids is 2. The van der Waals surface area contributed by atoms with Crippen LogP contribution in [0.15, 0.2) is 30.3 Å². The smallest absolute Gasteiger partial charge is 0.240 e. The fraction of sp³-hybridized carbons (Fsp3) is 0.500. The van der Waals surface area contributed by atoms with Crippen LogP contribution in [0.25, 0.3) is 0 Å². The number of nitrogens with one attached hydrogen (secondary N) is 2. The van der Waals surface area contributed by atoms with Crippen LogP contribution in [0.1, 0.15) is 18.9 Å². The minimum atomic E-state index is -0.241. The van der Waals surface area contributed by atoms with Gasteiger partial charge in [-0.1, -0.05) is 37.3 Å². The Morgan fingerprint density at radius 2 is 1.95 bits per heavy atom. The average molecular weight is 289 g/mol. The Morgan fingerprint density at radius 1 is 1.24 bits per heavy atom. The molecule has 2 rings (SSSR count). The van der Waals surface area contributed by atoms with Crippen molar-refractivity contribution in [2.75, 3.05) is 26.2 Å². The Kier molecular flexibility index (Phi) is 5.90. The first kappa shape index (κ1) is 15.7. The molecule has 0 spiro atoms. The summed E-state index contributed by atoms with van der Waals surface area (Å²) in [5.41, 5.74) is 0.913. The summed E-state index contributed by atoms with van der Waals surface area (Å²) in [7, 11) is 0. The maximum Gasteiger partial charge on any atom is 0.240 e. The molecule has 0 aromatic heterocycles. The molecular formula is C16H23N3O2. The predicted molar refractivity (Wildman–Crippen MR) is 81.8 cm³/mol. The maximum atomic E-state index is 12.0. The third-order valence-electron chi connectivity index (χ3n) is 3.62. The summed E-state index contributed by atoms with van der Waals surface area (Å²) in [5.74, 6) is -0.453. The van der Waals surface area contributed by atoms with Crippen LogP contribution in [0.5, 0.6) is 0 Å². The number of hydrogen-bond donors (Lipinski definition) is 2. The molecular weight excluding hydrogens is 266 g/mol. The summed E-state index contributed by atoms with van der Waals surface area (Å²) < 4.78 is 0. The fourth-order valence-corrected chi connectivity index (χ4v) is 2.41. The molecule has 5 nitrogen and oxygen atoms in total. The van der Waals surface area contributed by atoms with E-state index in [0.717, 1.165) is 31.6 Å². The van der Waals surface area contributed by atoms with Gasteiger partial charge in [0.2, 0.25) is 11.8 Å². The second kappa shape index (κ2) is 7.90. The van der Waals surface area contributed by atoms with Gasteiger partial charge in [0.05, 0.1) is 13.0 Å². The molecule has 1 saturated heterocycles. The highest BCUT2D eigenvalue weighted by Crippen LogP contribution is 2.05. The fourth-order valence-electron chi connectivity index (χ4n) is 2.41. The molecule has 1 aromatic rings. The quantitative estimate of drug-likeness (QED) is 0.770. The molecule has 0 aliphatic carbocycles. The number of benzene rings is 1. The van der Waals surface area contributed by atoms with Gasteiger partial charge in [-0.2, -0.15) is 0 Å². The highest BCUT2D eigenvalue weighted by Gasteiger charge is 2.25. The van der Waals surface area contributed by atoms with E-state index in [1.54, 1.807) is 0 Å². The largest absolute Gasteiger partial charge is 0.314 e. The number of nitrogens with zero attached hydrogens (tertiary/aromatic N) is 1. The van der Waals surface area contributed by atoms with Crippen LogP contribution in [0.2, 0.25) is 0 Å². The van der Waals surface area contributed by atoms with E-state index in [1.165, 1.54) is 0 Å². The number of imide groups is 1. The van der Waals surface area contributed by atoms with Crippen molar-refractivity contribution in [2.24, 2.45) is 0 Å². The monoisotopic (exact) mass is 289 g/mol. The molecule has 0 radical (unpaired) electrons. The Bertz CT molecular complexity index is 472. The van der Waals surface area contributed by atoms with E-state index in [1.807, 2.05) is 30.3 Å². The third-order valence-corrected chi connectivity index (χ3v) is 3.62. The lowest BCUT2D eigenvalue weighted by Gasteiger charge is -2.37. The van der Waals surface area contributed by atoms with Crippen molar-refractivity contribution in [1.82, 2.24) is 15.5 Å².